The van der Waals surface area contributed by atoms with Gasteiger partial charge in [-0.25, -0.2) is 9.78 Å². The zero-order valence-corrected chi connectivity index (χ0v) is 18.1. The predicted molar refractivity (Wildman–Crippen MR) is 125 cm³/mol. The smallest absolute Gasteiger partial charge is 0.407 e. The van der Waals surface area contributed by atoms with Gasteiger partial charge in [0.2, 0.25) is 0 Å². The zero-order valence-electron chi connectivity index (χ0n) is 17.3. The lowest BCUT2D eigenvalue weighted by Crippen LogP contribution is -2.32. The number of aryl methyl sites for hydroxylation is 1. The van der Waals surface area contributed by atoms with Crippen LogP contribution in [0.15, 0.2) is 75.9 Å². The van der Waals surface area contributed by atoms with Gasteiger partial charge in [-0.05, 0) is 36.8 Å². The summed E-state index contributed by atoms with van der Waals surface area (Å²) >= 11 is 1.37. The summed E-state index contributed by atoms with van der Waals surface area (Å²) in [6.45, 7) is 1.56. The standard InChI is InChI=1S/C23H16N4O5S/c1-14-6-2-4-8-17(14)26(22-24-16-7-3-5-9-20(16)33-22)21(28)13-25-18-11-10-15(27(30)31)12-19(18)32-23(25)29/h2-12H,13H2,1H3. The molecule has 0 spiro atoms. The molecule has 0 radical (unpaired) electrons. The van der Waals surface area contributed by atoms with E-state index in [0.717, 1.165) is 15.8 Å². The number of nitro benzene ring substituents is 1. The van der Waals surface area contributed by atoms with Crippen LogP contribution in [-0.4, -0.2) is 20.4 Å². The number of carbonyl (C=O) groups is 1. The largest absolute Gasteiger partial charge is 0.420 e. The quantitative estimate of drug-likeness (QED) is 0.275. The van der Waals surface area contributed by atoms with Crippen molar-refractivity contribution in [3.05, 3.63) is 93.0 Å². The molecule has 2 aromatic heterocycles. The Balaban J connectivity index is 1.60. The molecule has 1 amide bonds. The molecule has 5 aromatic rings. The Morgan fingerprint density at radius 2 is 1.91 bits per heavy atom. The molecule has 5 rings (SSSR count). The zero-order chi connectivity index (χ0) is 23.1. The van der Waals surface area contributed by atoms with Crippen molar-refractivity contribution >= 4 is 55.1 Å². The topological polar surface area (TPSA) is 111 Å². The number of nitro groups is 1. The molecule has 0 aliphatic rings. The van der Waals surface area contributed by atoms with Crippen molar-refractivity contribution in [3.8, 4) is 0 Å². The summed E-state index contributed by atoms with van der Waals surface area (Å²) in [5.74, 6) is -1.17. The van der Waals surface area contributed by atoms with E-state index in [2.05, 4.69) is 4.98 Å². The summed E-state index contributed by atoms with van der Waals surface area (Å²) in [5, 5.41) is 11.5. The molecule has 3 aromatic carbocycles. The van der Waals surface area contributed by atoms with Crippen LogP contribution >= 0.6 is 11.3 Å². The number of aromatic nitrogens is 2. The van der Waals surface area contributed by atoms with Crippen molar-refractivity contribution in [2.24, 2.45) is 0 Å². The number of para-hydroxylation sites is 2. The van der Waals surface area contributed by atoms with Crippen molar-refractivity contribution in [3.63, 3.8) is 0 Å². The van der Waals surface area contributed by atoms with Gasteiger partial charge in [-0.1, -0.05) is 41.7 Å². The fourth-order valence-electron chi connectivity index (χ4n) is 3.64. The van der Waals surface area contributed by atoms with Crippen LogP contribution in [0.2, 0.25) is 0 Å². The Morgan fingerprint density at radius 3 is 2.67 bits per heavy atom. The fraction of sp³-hybridized carbons (Fsp3) is 0.0870. The second kappa shape index (κ2) is 7.99. The molecule has 0 atom stereocenters. The summed E-state index contributed by atoms with van der Waals surface area (Å²) in [5.41, 5.74) is 2.42. The third-order valence-electron chi connectivity index (χ3n) is 5.24. The van der Waals surface area contributed by atoms with Crippen molar-refractivity contribution in [2.75, 3.05) is 4.90 Å². The van der Waals surface area contributed by atoms with E-state index in [9.17, 15) is 19.7 Å². The molecular formula is C23H16N4O5S. The Hall–Kier alpha value is -4.31. The summed E-state index contributed by atoms with van der Waals surface area (Å²) in [6.07, 6.45) is 0. The van der Waals surface area contributed by atoms with Crippen LogP contribution in [0.4, 0.5) is 16.5 Å². The van der Waals surface area contributed by atoms with Crippen molar-refractivity contribution in [2.45, 2.75) is 13.5 Å². The van der Waals surface area contributed by atoms with E-state index in [1.807, 2.05) is 55.5 Å². The minimum atomic E-state index is -0.770. The number of non-ortho nitro benzene ring substituents is 1. The first-order valence-electron chi connectivity index (χ1n) is 9.94. The molecule has 0 N–H and O–H groups in total. The number of thiazole rings is 1. The van der Waals surface area contributed by atoms with Crippen molar-refractivity contribution in [1.29, 1.82) is 0 Å². The highest BCUT2D eigenvalue weighted by molar-refractivity contribution is 7.22. The highest BCUT2D eigenvalue weighted by atomic mass is 32.1. The number of anilines is 2. The normalized spacial score (nSPS) is 11.2. The number of nitrogens with zero attached hydrogens (tertiary/aromatic N) is 4. The minimum absolute atomic E-state index is 0.0458. The van der Waals surface area contributed by atoms with E-state index in [4.69, 9.17) is 4.42 Å². The van der Waals surface area contributed by atoms with E-state index in [-0.39, 0.29) is 17.8 Å². The molecule has 0 aliphatic heterocycles. The van der Waals surface area contributed by atoms with Gasteiger partial charge in [0.25, 0.3) is 11.6 Å². The summed E-state index contributed by atoms with van der Waals surface area (Å²) in [6, 6.07) is 18.8. The van der Waals surface area contributed by atoms with Gasteiger partial charge in [-0.2, -0.15) is 0 Å². The highest BCUT2D eigenvalue weighted by Gasteiger charge is 2.25. The van der Waals surface area contributed by atoms with Crippen LogP contribution in [0.1, 0.15) is 5.56 Å². The minimum Gasteiger partial charge on any atom is -0.407 e. The molecule has 164 valence electrons. The van der Waals surface area contributed by atoms with Crippen LogP contribution in [-0.2, 0) is 11.3 Å². The maximum Gasteiger partial charge on any atom is 0.420 e. The summed E-state index contributed by atoms with van der Waals surface area (Å²) < 4.78 is 7.27. The molecule has 33 heavy (non-hydrogen) atoms. The van der Waals surface area contributed by atoms with Gasteiger partial charge in [0.05, 0.1) is 32.4 Å². The number of rotatable bonds is 5. The summed E-state index contributed by atoms with van der Waals surface area (Å²) in [7, 11) is 0. The monoisotopic (exact) mass is 460 g/mol. The third-order valence-corrected chi connectivity index (χ3v) is 6.26. The lowest BCUT2D eigenvalue weighted by atomic mass is 10.2. The average molecular weight is 460 g/mol. The van der Waals surface area contributed by atoms with Crippen LogP contribution in [0.5, 0.6) is 0 Å². The number of fused-ring (bicyclic) bond motifs is 2. The molecule has 2 heterocycles. The summed E-state index contributed by atoms with van der Waals surface area (Å²) in [4.78, 5) is 42.7. The fourth-order valence-corrected chi connectivity index (χ4v) is 4.64. The third kappa shape index (κ3) is 3.66. The lowest BCUT2D eigenvalue weighted by Gasteiger charge is -2.22. The van der Waals surface area contributed by atoms with Gasteiger partial charge in [0.1, 0.15) is 6.54 Å². The first-order valence-corrected chi connectivity index (χ1v) is 10.8. The van der Waals surface area contributed by atoms with E-state index in [0.29, 0.717) is 16.3 Å². The number of hydrogen-bond acceptors (Lipinski definition) is 7. The Bertz CT molecular complexity index is 1570. The molecule has 0 fully saturated rings. The Kier molecular flexibility index (Phi) is 4.98. The maximum absolute atomic E-state index is 13.6. The molecule has 0 saturated carbocycles. The number of carbonyl (C=O) groups excluding carboxylic acids is 1. The molecule has 10 heteroatoms. The van der Waals surface area contributed by atoms with Crippen LogP contribution in [0.3, 0.4) is 0 Å². The van der Waals surface area contributed by atoms with Crippen LogP contribution in [0, 0.1) is 17.0 Å². The predicted octanol–water partition coefficient (Wildman–Crippen LogP) is 4.79. The number of benzene rings is 3. The molecule has 0 unspecified atom stereocenters. The van der Waals surface area contributed by atoms with Crippen LogP contribution < -0.4 is 10.7 Å². The number of oxazole rings is 1. The first-order chi connectivity index (χ1) is 15.9. The van der Waals surface area contributed by atoms with Gasteiger partial charge >= 0.3 is 5.76 Å². The van der Waals surface area contributed by atoms with E-state index >= 15 is 0 Å². The SMILES string of the molecule is Cc1ccccc1N(C(=O)Cn1c(=O)oc2cc([N+](=O)[O-])ccc21)c1nc2ccccc2s1. The van der Waals surface area contributed by atoms with Gasteiger partial charge in [0.15, 0.2) is 10.7 Å². The van der Waals surface area contributed by atoms with Crippen molar-refractivity contribution in [1.82, 2.24) is 9.55 Å². The van der Waals surface area contributed by atoms with Gasteiger partial charge in [-0.3, -0.25) is 24.4 Å². The molecular weight excluding hydrogens is 444 g/mol. The van der Waals surface area contributed by atoms with Crippen molar-refractivity contribution < 1.29 is 14.1 Å². The highest BCUT2D eigenvalue weighted by Crippen LogP contribution is 2.35. The second-order valence-corrected chi connectivity index (χ2v) is 8.35. The van der Waals surface area contributed by atoms with E-state index in [1.165, 1.54) is 39.0 Å². The number of amides is 1. The second-order valence-electron chi connectivity index (χ2n) is 7.34. The van der Waals surface area contributed by atoms with Crippen LogP contribution in [0.25, 0.3) is 21.3 Å². The number of hydrogen-bond donors (Lipinski definition) is 0. The lowest BCUT2D eigenvalue weighted by molar-refractivity contribution is -0.384. The Morgan fingerprint density at radius 1 is 1.15 bits per heavy atom. The van der Waals surface area contributed by atoms with E-state index in [1.54, 1.807) is 0 Å². The van der Waals surface area contributed by atoms with Gasteiger partial charge in [0, 0.05) is 6.07 Å². The first kappa shape index (κ1) is 20.6. The Labute approximate surface area is 190 Å². The molecule has 0 saturated heterocycles. The maximum atomic E-state index is 13.6. The van der Waals surface area contributed by atoms with Gasteiger partial charge in [-0.15, -0.1) is 0 Å². The van der Waals surface area contributed by atoms with Gasteiger partial charge < -0.3 is 4.42 Å². The molecule has 0 bridgehead atoms. The average Bonchev–Trinajstić information content (AvgIpc) is 3.35. The van der Waals surface area contributed by atoms with E-state index < -0.39 is 16.6 Å². The molecule has 0 aliphatic carbocycles. The molecule has 9 nitrogen and oxygen atoms in total.